The van der Waals surface area contributed by atoms with Gasteiger partial charge in [0.2, 0.25) is 0 Å². The molecule has 3 aromatic rings. The lowest BCUT2D eigenvalue weighted by atomic mass is 10.1. The molecule has 0 saturated carbocycles. The molecule has 0 atom stereocenters. The molecular formula is C28H42O2. The summed E-state index contributed by atoms with van der Waals surface area (Å²) in [5.41, 5.74) is 8.21. The summed E-state index contributed by atoms with van der Waals surface area (Å²) in [6.07, 6.45) is 0. The highest BCUT2D eigenvalue weighted by atomic mass is 16.3. The van der Waals surface area contributed by atoms with E-state index in [-0.39, 0.29) is 13.2 Å². The van der Waals surface area contributed by atoms with E-state index in [2.05, 4.69) is 114 Å². The van der Waals surface area contributed by atoms with Crippen LogP contribution in [0.1, 0.15) is 47.2 Å². The summed E-state index contributed by atoms with van der Waals surface area (Å²) in [6, 6.07) is 25.1. The third-order valence-electron chi connectivity index (χ3n) is 4.28. The Kier molecular flexibility index (Phi) is 19.7. The lowest BCUT2D eigenvalue weighted by Crippen LogP contribution is -1.74. The zero-order valence-corrected chi connectivity index (χ0v) is 20.2. The van der Waals surface area contributed by atoms with Crippen LogP contribution in [0, 0.1) is 41.5 Å². The van der Waals surface area contributed by atoms with E-state index >= 15 is 0 Å². The number of hydrogen-bond acceptors (Lipinski definition) is 2. The second-order valence-corrected chi connectivity index (χ2v) is 6.89. The van der Waals surface area contributed by atoms with Crippen LogP contribution in [0.4, 0.5) is 0 Å². The SMILES string of the molecule is CCO.CCO.Cc1ccccc1C.Cc1ccccc1C.Cc1ccccc1C. The lowest BCUT2D eigenvalue weighted by molar-refractivity contribution is 0.318. The molecule has 3 aromatic carbocycles. The topological polar surface area (TPSA) is 40.5 Å². The van der Waals surface area contributed by atoms with Gasteiger partial charge in [-0.2, -0.15) is 0 Å². The fourth-order valence-corrected chi connectivity index (χ4v) is 1.99. The number of aryl methyl sites for hydroxylation is 6. The highest BCUT2D eigenvalue weighted by Crippen LogP contribution is 2.04. The van der Waals surface area contributed by atoms with Gasteiger partial charge in [0.25, 0.3) is 0 Å². The molecule has 0 heterocycles. The quantitative estimate of drug-likeness (QED) is 0.423. The van der Waals surface area contributed by atoms with Crippen LogP contribution in [-0.2, 0) is 0 Å². The van der Waals surface area contributed by atoms with Crippen molar-refractivity contribution in [3.63, 3.8) is 0 Å². The van der Waals surface area contributed by atoms with E-state index in [1.165, 1.54) is 33.4 Å². The van der Waals surface area contributed by atoms with Crippen LogP contribution in [0.15, 0.2) is 72.8 Å². The maximum atomic E-state index is 7.57. The Hall–Kier alpha value is -2.42. The predicted octanol–water partition coefficient (Wildman–Crippen LogP) is 6.91. The number of aliphatic hydroxyl groups excluding tert-OH is 2. The van der Waals surface area contributed by atoms with Gasteiger partial charge in [0, 0.05) is 13.2 Å². The average molecular weight is 411 g/mol. The standard InChI is InChI=1S/3C8H10.2C2H6O/c3*1-7-5-3-4-6-8(7)2;2*1-2-3/h3*3-6H,1-2H3;2*3H,2H2,1H3. The third-order valence-corrected chi connectivity index (χ3v) is 4.28. The van der Waals surface area contributed by atoms with Crippen LogP contribution in [0.3, 0.4) is 0 Å². The minimum Gasteiger partial charge on any atom is -0.397 e. The van der Waals surface area contributed by atoms with Crippen molar-refractivity contribution >= 4 is 0 Å². The molecule has 166 valence electrons. The third kappa shape index (κ3) is 16.5. The van der Waals surface area contributed by atoms with Crippen molar-refractivity contribution in [3.8, 4) is 0 Å². The maximum Gasteiger partial charge on any atom is 0.0402 e. The Balaban J connectivity index is 0. The van der Waals surface area contributed by atoms with E-state index < -0.39 is 0 Å². The molecule has 2 nitrogen and oxygen atoms in total. The average Bonchev–Trinajstić information content (AvgIpc) is 2.71. The normalized spacial score (nSPS) is 8.60. The summed E-state index contributed by atoms with van der Waals surface area (Å²) in [7, 11) is 0. The molecule has 0 amide bonds. The monoisotopic (exact) mass is 410 g/mol. The summed E-state index contributed by atoms with van der Waals surface area (Å²) >= 11 is 0. The summed E-state index contributed by atoms with van der Waals surface area (Å²) in [4.78, 5) is 0. The Morgan fingerprint density at radius 2 is 0.500 bits per heavy atom. The predicted molar refractivity (Wildman–Crippen MR) is 133 cm³/mol. The second kappa shape index (κ2) is 19.9. The van der Waals surface area contributed by atoms with E-state index in [9.17, 15) is 0 Å². The molecular weight excluding hydrogens is 368 g/mol. The van der Waals surface area contributed by atoms with Crippen molar-refractivity contribution in [2.24, 2.45) is 0 Å². The van der Waals surface area contributed by atoms with Gasteiger partial charge in [0.15, 0.2) is 0 Å². The fourth-order valence-electron chi connectivity index (χ4n) is 1.99. The van der Waals surface area contributed by atoms with Crippen LogP contribution in [0.5, 0.6) is 0 Å². The molecule has 0 aliphatic rings. The second-order valence-electron chi connectivity index (χ2n) is 6.89. The molecule has 0 spiro atoms. The van der Waals surface area contributed by atoms with Crippen LogP contribution >= 0.6 is 0 Å². The van der Waals surface area contributed by atoms with Crippen molar-refractivity contribution in [3.05, 3.63) is 106 Å². The first-order valence-corrected chi connectivity index (χ1v) is 10.5. The fraction of sp³-hybridized carbons (Fsp3) is 0.357. The minimum atomic E-state index is 0.250. The molecule has 0 aliphatic carbocycles. The van der Waals surface area contributed by atoms with Crippen molar-refractivity contribution in [1.82, 2.24) is 0 Å². The van der Waals surface area contributed by atoms with Crippen molar-refractivity contribution in [2.75, 3.05) is 13.2 Å². The summed E-state index contributed by atoms with van der Waals surface area (Å²) in [6.45, 7) is 16.6. The smallest absolute Gasteiger partial charge is 0.0402 e. The molecule has 0 aliphatic heterocycles. The zero-order chi connectivity index (χ0) is 23.4. The van der Waals surface area contributed by atoms with Crippen molar-refractivity contribution in [1.29, 1.82) is 0 Å². The first kappa shape index (κ1) is 29.8. The first-order chi connectivity index (χ1) is 14.2. The molecule has 0 bridgehead atoms. The Morgan fingerprint density at radius 1 is 0.400 bits per heavy atom. The Labute approximate surface area is 185 Å². The van der Waals surface area contributed by atoms with Gasteiger partial charge in [0.05, 0.1) is 0 Å². The minimum absolute atomic E-state index is 0.250. The largest absolute Gasteiger partial charge is 0.397 e. The molecule has 30 heavy (non-hydrogen) atoms. The van der Waals surface area contributed by atoms with Gasteiger partial charge in [-0.25, -0.2) is 0 Å². The Bertz CT molecular complexity index is 610. The molecule has 0 aromatic heterocycles. The number of aliphatic hydroxyl groups is 2. The van der Waals surface area contributed by atoms with Gasteiger partial charge < -0.3 is 10.2 Å². The highest BCUT2D eigenvalue weighted by Gasteiger charge is 1.85. The van der Waals surface area contributed by atoms with E-state index in [0.717, 1.165) is 0 Å². The molecule has 0 unspecified atom stereocenters. The van der Waals surface area contributed by atoms with E-state index in [1.807, 2.05) is 0 Å². The lowest BCUT2D eigenvalue weighted by Gasteiger charge is -1.93. The van der Waals surface area contributed by atoms with Crippen LogP contribution in [-0.4, -0.2) is 23.4 Å². The van der Waals surface area contributed by atoms with Crippen LogP contribution in [0.25, 0.3) is 0 Å². The number of rotatable bonds is 0. The van der Waals surface area contributed by atoms with Crippen LogP contribution in [0.2, 0.25) is 0 Å². The molecule has 0 radical (unpaired) electrons. The van der Waals surface area contributed by atoms with Gasteiger partial charge in [-0.3, -0.25) is 0 Å². The van der Waals surface area contributed by atoms with E-state index in [0.29, 0.717) is 0 Å². The molecule has 0 saturated heterocycles. The number of hydrogen-bond donors (Lipinski definition) is 2. The van der Waals surface area contributed by atoms with Gasteiger partial charge in [-0.1, -0.05) is 72.8 Å². The van der Waals surface area contributed by atoms with E-state index in [4.69, 9.17) is 10.2 Å². The maximum absolute atomic E-state index is 7.57. The molecule has 2 N–H and O–H groups in total. The van der Waals surface area contributed by atoms with Gasteiger partial charge >= 0.3 is 0 Å². The van der Waals surface area contributed by atoms with Gasteiger partial charge in [0.1, 0.15) is 0 Å². The van der Waals surface area contributed by atoms with E-state index in [1.54, 1.807) is 13.8 Å². The summed E-state index contributed by atoms with van der Waals surface area (Å²) < 4.78 is 0. The molecule has 2 heteroatoms. The zero-order valence-electron chi connectivity index (χ0n) is 20.2. The highest BCUT2D eigenvalue weighted by molar-refractivity contribution is 5.24. The number of benzene rings is 3. The van der Waals surface area contributed by atoms with Gasteiger partial charge in [-0.05, 0) is 88.8 Å². The van der Waals surface area contributed by atoms with Crippen molar-refractivity contribution in [2.45, 2.75) is 55.4 Å². The summed E-state index contributed by atoms with van der Waals surface area (Å²) in [5, 5.41) is 15.1. The molecule has 0 fully saturated rings. The molecule has 3 rings (SSSR count). The van der Waals surface area contributed by atoms with Crippen molar-refractivity contribution < 1.29 is 10.2 Å². The van der Waals surface area contributed by atoms with Crippen LogP contribution < -0.4 is 0 Å². The van der Waals surface area contributed by atoms with Gasteiger partial charge in [-0.15, -0.1) is 0 Å². The Morgan fingerprint density at radius 3 is 0.567 bits per heavy atom. The first-order valence-electron chi connectivity index (χ1n) is 10.5. The summed E-state index contributed by atoms with van der Waals surface area (Å²) in [5.74, 6) is 0.